The van der Waals surface area contributed by atoms with Gasteiger partial charge in [0.2, 0.25) is 0 Å². The fourth-order valence-electron chi connectivity index (χ4n) is 2.08. The highest BCUT2D eigenvalue weighted by molar-refractivity contribution is 5.74. The van der Waals surface area contributed by atoms with E-state index in [1.54, 1.807) is 6.20 Å². The van der Waals surface area contributed by atoms with Crippen LogP contribution in [0.2, 0.25) is 0 Å². The number of aryl methyl sites for hydroxylation is 1. The minimum Gasteiger partial charge on any atom is -0.327 e. The first kappa shape index (κ1) is 13.0. The molecule has 2 aromatic heterocycles. The molecule has 0 saturated carbocycles. The number of nitrogens with zero attached hydrogens (tertiary/aromatic N) is 3. The lowest BCUT2D eigenvalue weighted by molar-refractivity contribution is 0.308. The molecule has 2 heterocycles. The molecule has 98 valence electrons. The number of rotatable bonds is 3. The van der Waals surface area contributed by atoms with E-state index in [0.29, 0.717) is 0 Å². The second-order valence-electron chi connectivity index (χ2n) is 5.83. The van der Waals surface area contributed by atoms with Crippen molar-refractivity contribution >= 4 is 11.0 Å². The van der Waals surface area contributed by atoms with Crippen molar-refractivity contribution in [3.63, 3.8) is 0 Å². The van der Waals surface area contributed by atoms with E-state index >= 15 is 0 Å². The predicted molar refractivity (Wildman–Crippen MR) is 74.2 cm³/mol. The summed E-state index contributed by atoms with van der Waals surface area (Å²) in [5, 5.41) is 0. The fourth-order valence-corrected chi connectivity index (χ4v) is 2.08. The molecule has 0 amide bonds. The second-order valence-corrected chi connectivity index (χ2v) is 5.83. The molecule has 4 heteroatoms. The molecule has 0 fully saturated rings. The standard InChI is InChI=1S/C14H22N4/c1-5-8-18-11-6-7-16-9-10(11)17-13(18)12(15)14(2,3)4/h6-7,9,12H,5,8,15H2,1-4H3. The average Bonchev–Trinajstić information content (AvgIpc) is 2.67. The molecule has 0 aliphatic rings. The van der Waals surface area contributed by atoms with Gasteiger partial charge in [0.15, 0.2) is 0 Å². The van der Waals surface area contributed by atoms with Gasteiger partial charge in [-0.3, -0.25) is 4.98 Å². The van der Waals surface area contributed by atoms with Crippen molar-refractivity contribution in [2.45, 2.75) is 46.7 Å². The molecular formula is C14H22N4. The van der Waals surface area contributed by atoms with Gasteiger partial charge in [-0.2, -0.15) is 0 Å². The zero-order valence-electron chi connectivity index (χ0n) is 11.6. The van der Waals surface area contributed by atoms with Gasteiger partial charge in [0.25, 0.3) is 0 Å². The third-order valence-corrected chi connectivity index (χ3v) is 3.24. The van der Waals surface area contributed by atoms with E-state index in [1.807, 2.05) is 12.3 Å². The molecule has 2 aromatic rings. The molecule has 0 saturated heterocycles. The van der Waals surface area contributed by atoms with Crippen LogP contribution in [-0.2, 0) is 6.54 Å². The first-order valence-corrected chi connectivity index (χ1v) is 6.51. The second kappa shape index (κ2) is 4.69. The van der Waals surface area contributed by atoms with Gasteiger partial charge < -0.3 is 10.3 Å². The largest absolute Gasteiger partial charge is 0.327 e. The number of nitrogens with two attached hydrogens (primary N) is 1. The molecular weight excluding hydrogens is 224 g/mol. The van der Waals surface area contributed by atoms with E-state index < -0.39 is 0 Å². The summed E-state index contributed by atoms with van der Waals surface area (Å²) in [6.07, 6.45) is 4.68. The maximum absolute atomic E-state index is 6.36. The Morgan fingerprint density at radius 1 is 1.39 bits per heavy atom. The molecule has 0 aliphatic carbocycles. The summed E-state index contributed by atoms with van der Waals surface area (Å²) in [5.41, 5.74) is 8.42. The number of hydrogen-bond acceptors (Lipinski definition) is 3. The van der Waals surface area contributed by atoms with Gasteiger partial charge in [-0.15, -0.1) is 0 Å². The summed E-state index contributed by atoms with van der Waals surface area (Å²) >= 11 is 0. The SMILES string of the molecule is CCCn1c(C(N)C(C)(C)C)nc2cnccc21. The Morgan fingerprint density at radius 3 is 2.72 bits per heavy atom. The van der Waals surface area contributed by atoms with Crippen molar-refractivity contribution in [1.82, 2.24) is 14.5 Å². The van der Waals surface area contributed by atoms with Crippen LogP contribution in [0.5, 0.6) is 0 Å². The molecule has 4 nitrogen and oxygen atoms in total. The van der Waals surface area contributed by atoms with Crippen molar-refractivity contribution in [3.05, 3.63) is 24.3 Å². The monoisotopic (exact) mass is 246 g/mol. The molecule has 0 aliphatic heterocycles. The highest BCUT2D eigenvalue weighted by atomic mass is 15.1. The van der Waals surface area contributed by atoms with Crippen LogP contribution in [-0.4, -0.2) is 14.5 Å². The van der Waals surface area contributed by atoms with Crippen molar-refractivity contribution in [2.24, 2.45) is 11.1 Å². The van der Waals surface area contributed by atoms with Gasteiger partial charge in [0.1, 0.15) is 11.3 Å². The Bertz CT molecular complexity index is 536. The maximum atomic E-state index is 6.36. The van der Waals surface area contributed by atoms with E-state index in [-0.39, 0.29) is 11.5 Å². The molecule has 0 spiro atoms. The van der Waals surface area contributed by atoms with Gasteiger partial charge in [0.05, 0.1) is 17.8 Å². The lowest BCUT2D eigenvalue weighted by atomic mass is 9.87. The Labute approximate surface area is 108 Å². The van der Waals surface area contributed by atoms with E-state index in [9.17, 15) is 0 Å². The third-order valence-electron chi connectivity index (χ3n) is 3.24. The van der Waals surface area contributed by atoms with Gasteiger partial charge in [-0.05, 0) is 17.9 Å². The Balaban J connectivity index is 2.59. The van der Waals surface area contributed by atoms with E-state index in [4.69, 9.17) is 5.73 Å². The van der Waals surface area contributed by atoms with Crippen molar-refractivity contribution in [1.29, 1.82) is 0 Å². The normalized spacial score (nSPS) is 14.1. The topological polar surface area (TPSA) is 56.7 Å². The molecule has 18 heavy (non-hydrogen) atoms. The van der Waals surface area contributed by atoms with Crippen LogP contribution in [0.3, 0.4) is 0 Å². The third kappa shape index (κ3) is 2.25. The lowest BCUT2D eigenvalue weighted by Gasteiger charge is -2.27. The lowest BCUT2D eigenvalue weighted by Crippen LogP contribution is -2.29. The van der Waals surface area contributed by atoms with Gasteiger partial charge in [-0.25, -0.2) is 4.98 Å². The van der Waals surface area contributed by atoms with Crippen molar-refractivity contribution in [3.8, 4) is 0 Å². The number of fused-ring (bicyclic) bond motifs is 1. The van der Waals surface area contributed by atoms with Gasteiger partial charge in [-0.1, -0.05) is 27.7 Å². The minimum atomic E-state index is -0.0727. The summed E-state index contributed by atoms with van der Waals surface area (Å²) in [4.78, 5) is 8.81. The molecule has 2 N–H and O–H groups in total. The first-order chi connectivity index (χ1) is 8.45. The van der Waals surface area contributed by atoms with Crippen LogP contribution in [0, 0.1) is 5.41 Å². The van der Waals surface area contributed by atoms with Crippen molar-refractivity contribution < 1.29 is 0 Å². The van der Waals surface area contributed by atoms with E-state index in [0.717, 1.165) is 29.8 Å². The fraction of sp³-hybridized carbons (Fsp3) is 0.571. The predicted octanol–water partition coefficient (Wildman–Crippen LogP) is 2.89. The number of aromatic nitrogens is 3. The molecule has 0 radical (unpaired) electrons. The van der Waals surface area contributed by atoms with Crippen LogP contribution in [0.15, 0.2) is 18.5 Å². The van der Waals surface area contributed by atoms with Gasteiger partial charge >= 0.3 is 0 Å². The first-order valence-electron chi connectivity index (χ1n) is 6.51. The van der Waals surface area contributed by atoms with Crippen LogP contribution < -0.4 is 5.73 Å². The Kier molecular flexibility index (Phi) is 3.39. The summed E-state index contributed by atoms with van der Waals surface area (Å²) in [7, 11) is 0. The van der Waals surface area contributed by atoms with Crippen LogP contribution >= 0.6 is 0 Å². The Morgan fingerprint density at radius 2 is 2.11 bits per heavy atom. The number of imidazole rings is 1. The number of hydrogen-bond donors (Lipinski definition) is 1. The molecule has 0 aromatic carbocycles. The minimum absolute atomic E-state index is 0.000294. The van der Waals surface area contributed by atoms with Crippen LogP contribution in [0.25, 0.3) is 11.0 Å². The highest BCUT2D eigenvalue weighted by Crippen LogP contribution is 2.31. The quantitative estimate of drug-likeness (QED) is 0.906. The Hall–Kier alpha value is -1.42. The molecule has 2 rings (SSSR count). The molecule has 0 bridgehead atoms. The van der Waals surface area contributed by atoms with Crippen LogP contribution in [0.4, 0.5) is 0 Å². The zero-order chi connectivity index (χ0) is 13.3. The van der Waals surface area contributed by atoms with Crippen molar-refractivity contribution in [2.75, 3.05) is 0 Å². The highest BCUT2D eigenvalue weighted by Gasteiger charge is 2.27. The summed E-state index contributed by atoms with van der Waals surface area (Å²) in [6, 6.07) is 1.94. The summed E-state index contributed by atoms with van der Waals surface area (Å²) < 4.78 is 2.23. The average molecular weight is 246 g/mol. The summed E-state index contributed by atoms with van der Waals surface area (Å²) in [6.45, 7) is 9.54. The number of pyridine rings is 1. The summed E-state index contributed by atoms with van der Waals surface area (Å²) in [5.74, 6) is 0.965. The maximum Gasteiger partial charge on any atom is 0.127 e. The van der Waals surface area contributed by atoms with Crippen LogP contribution in [0.1, 0.15) is 46.0 Å². The molecule has 1 atom stereocenters. The van der Waals surface area contributed by atoms with Gasteiger partial charge in [0, 0.05) is 12.7 Å². The zero-order valence-corrected chi connectivity index (χ0v) is 11.6. The van der Waals surface area contributed by atoms with E-state index in [1.165, 1.54) is 0 Å². The smallest absolute Gasteiger partial charge is 0.127 e. The van der Waals surface area contributed by atoms with E-state index in [2.05, 4.69) is 42.2 Å². The molecule has 1 unspecified atom stereocenters.